The third kappa shape index (κ3) is 6.83. The Hall–Kier alpha value is -5.52. The van der Waals surface area contributed by atoms with Crippen molar-refractivity contribution in [3.8, 4) is 33.6 Å². The van der Waals surface area contributed by atoms with E-state index >= 15 is 0 Å². The number of hydrogen-bond acceptors (Lipinski definition) is 7. The number of likely N-dealkylation sites (tertiary alicyclic amines) is 2. The highest BCUT2D eigenvalue weighted by Gasteiger charge is 2.33. The number of aromatic amines is 2. The Morgan fingerprint density at radius 2 is 1.38 bits per heavy atom. The zero-order chi connectivity index (χ0) is 34.8. The molecule has 7 rings (SSSR count). The van der Waals surface area contributed by atoms with Gasteiger partial charge in [0.15, 0.2) is 0 Å². The van der Waals surface area contributed by atoms with Crippen LogP contribution in [-0.4, -0.2) is 79.4 Å². The van der Waals surface area contributed by atoms with Crippen molar-refractivity contribution in [1.82, 2.24) is 40.0 Å². The highest BCUT2D eigenvalue weighted by Crippen LogP contribution is 2.34. The number of ether oxygens (including phenoxy) is 1. The predicted molar refractivity (Wildman–Crippen MR) is 190 cm³/mol. The van der Waals surface area contributed by atoms with Gasteiger partial charge in [0.05, 0.1) is 48.5 Å². The summed E-state index contributed by atoms with van der Waals surface area (Å²) in [5, 5.41) is 3.49. The lowest BCUT2D eigenvalue weighted by molar-refractivity contribution is -0.133. The van der Waals surface area contributed by atoms with Gasteiger partial charge in [-0.1, -0.05) is 50.2 Å². The molecule has 2 aromatic carbocycles. The Morgan fingerprint density at radius 3 is 2.02 bits per heavy atom. The molecule has 12 nitrogen and oxygen atoms in total. The second-order valence-corrected chi connectivity index (χ2v) is 13.5. The van der Waals surface area contributed by atoms with Crippen LogP contribution in [0.2, 0.25) is 0 Å². The van der Waals surface area contributed by atoms with Crippen LogP contribution in [0.15, 0.2) is 67.1 Å². The van der Waals surface area contributed by atoms with E-state index in [9.17, 15) is 14.4 Å². The summed E-state index contributed by atoms with van der Waals surface area (Å²) in [6, 6.07) is 16.5. The Labute approximate surface area is 290 Å². The number of alkyl carbamates (subject to hydrolysis) is 1. The van der Waals surface area contributed by atoms with Crippen LogP contribution in [0.5, 0.6) is 0 Å². The second-order valence-electron chi connectivity index (χ2n) is 13.5. The van der Waals surface area contributed by atoms with Crippen LogP contribution in [0.3, 0.4) is 0 Å². The molecule has 12 heteroatoms. The fourth-order valence-electron chi connectivity index (χ4n) is 7.08. The number of methoxy groups -OCH3 is 1. The lowest BCUT2D eigenvalue weighted by Crippen LogP contribution is -2.40. The predicted octanol–water partition coefficient (Wildman–Crippen LogP) is 6.41. The summed E-state index contributed by atoms with van der Waals surface area (Å²) in [5.74, 6) is 1.94. The Morgan fingerprint density at radius 1 is 0.780 bits per heavy atom. The zero-order valence-corrected chi connectivity index (χ0v) is 28.6. The number of carbonyl (C=O) groups is 3. The van der Waals surface area contributed by atoms with E-state index in [0.29, 0.717) is 18.9 Å². The third-order valence-corrected chi connectivity index (χ3v) is 9.65. The van der Waals surface area contributed by atoms with Gasteiger partial charge in [-0.3, -0.25) is 14.6 Å². The molecule has 3 N–H and O–H groups in total. The number of rotatable bonds is 9. The maximum absolute atomic E-state index is 12.8. The minimum atomic E-state index is -0.632. The molecule has 0 spiro atoms. The van der Waals surface area contributed by atoms with Crippen molar-refractivity contribution < 1.29 is 19.1 Å². The molecule has 50 heavy (non-hydrogen) atoms. The number of aromatic nitrogens is 5. The summed E-state index contributed by atoms with van der Waals surface area (Å²) >= 11 is 0. The molecule has 0 bridgehead atoms. The summed E-state index contributed by atoms with van der Waals surface area (Å²) in [7, 11) is 1.27. The standard InChI is InChI=1S/C38H42N8O4/c1-23(2)16-34(47)45-14-4-6-32(45)36-40-20-30(43-36)25-10-8-24(9-11-25)28-17-26-12-13-27(18-29(26)39-19-28)31-21-41-37(44-31)33-7-5-15-46(33)35(48)22-42-38(49)50-3/h8-13,17-21,23,32-33H,4-7,14-16,22H2,1-3H3,(H,40,43)(H,41,44)(H,42,49)/t32-,33-/m0/s1. The summed E-state index contributed by atoms with van der Waals surface area (Å²) < 4.78 is 4.58. The van der Waals surface area contributed by atoms with Crippen molar-refractivity contribution in [1.29, 1.82) is 0 Å². The fourth-order valence-corrected chi connectivity index (χ4v) is 7.08. The van der Waals surface area contributed by atoms with Crippen molar-refractivity contribution in [2.24, 2.45) is 5.92 Å². The molecular weight excluding hydrogens is 632 g/mol. The zero-order valence-electron chi connectivity index (χ0n) is 28.6. The van der Waals surface area contributed by atoms with Gasteiger partial charge in [-0.05, 0) is 54.9 Å². The third-order valence-electron chi connectivity index (χ3n) is 9.65. The van der Waals surface area contributed by atoms with E-state index in [2.05, 4.69) is 80.2 Å². The number of amides is 3. The number of nitrogens with one attached hydrogen (secondary N) is 3. The average Bonchev–Trinajstić information content (AvgIpc) is 3.96. The number of hydrogen-bond donors (Lipinski definition) is 3. The number of imidazole rings is 2. The van der Waals surface area contributed by atoms with Gasteiger partial charge < -0.3 is 29.8 Å². The monoisotopic (exact) mass is 674 g/mol. The molecule has 0 saturated carbocycles. The smallest absolute Gasteiger partial charge is 0.407 e. The average molecular weight is 675 g/mol. The number of pyridine rings is 1. The van der Waals surface area contributed by atoms with Crippen molar-refractivity contribution in [2.45, 2.75) is 58.0 Å². The van der Waals surface area contributed by atoms with Crippen molar-refractivity contribution in [3.63, 3.8) is 0 Å². The van der Waals surface area contributed by atoms with E-state index in [1.54, 1.807) is 11.1 Å². The summed E-state index contributed by atoms with van der Waals surface area (Å²) in [4.78, 5) is 61.7. The van der Waals surface area contributed by atoms with Crippen LogP contribution in [-0.2, 0) is 14.3 Å². The van der Waals surface area contributed by atoms with E-state index in [0.717, 1.165) is 88.4 Å². The van der Waals surface area contributed by atoms with Crippen LogP contribution in [0.4, 0.5) is 4.79 Å². The Kier molecular flexibility index (Phi) is 9.34. The first-order chi connectivity index (χ1) is 24.3. The molecule has 2 saturated heterocycles. The second kappa shape index (κ2) is 14.1. The molecule has 5 aromatic rings. The number of carbonyl (C=O) groups excluding carboxylic acids is 3. The maximum Gasteiger partial charge on any atom is 0.407 e. The molecular formula is C38H42N8O4. The molecule has 2 fully saturated rings. The highest BCUT2D eigenvalue weighted by molar-refractivity contribution is 5.87. The lowest BCUT2D eigenvalue weighted by Gasteiger charge is -2.24. The molecule has 258 valence electrons. The Bertz CT molecular complexity index is 2020. The highest BCUT2D eigenvalue weighted by atomic mass is 16.5. The first-order valence-corrected chi connectivity index (χ1v) is 17.3. The molecule has 0 aliphatic carbocycles. The van der Waals surface area contributed by atoms with Gasteiger partial charge in [0, 0.05) is 42.2 Å². The van der Waals surface area contributed by atoms with Crippen molar-refractivity contribution >= 4 is 28.8 Å². The van der Waals surface area contributed by atoms with Crippen LogP contribution in [0.25, 0.3) is 44.5 Å². The first kappa shape index (κ1) is 33.0. The Balaban J connectivity index is 1.03. The molecule has 0 radical (unpaired) electrons. The molecule has 3 aromatic heterocycles. The van der Waals surface area contributed by atoms with Gasteiger partial charge in [0.1, 0.15) is 18.2 Å². The summed E-state index contributed by atoms with van der Waals surface area (Å²) in [5.41, 5.74) is 6.71. The first-order valence-electron chi connectivity index (χ1n) is 17.3. The normalized spacial score (nSPS) is 17.5. The van der Waals surface area contributed by atoms with E-state index in [1.807, 2.05) is 29.4 Å². The minimum Gasteiger partial charge on any atom is -0.453 e. The minimum absolute atomic E-state index is 0.00488. The quantitative estimate of drug-likeness (QED) is 0.164. The maximum atomic E-state index is 12.8. The van der Waals surface area contributed by atoms with Gasteiger partial charge in [-0.25, -0.2) is 14.8 Å². The van der Waals surface area contributed by atoms with E-state index in [1.165, 1.54) is 7.11 Å². The van der Waals surface area contributed by atoms with Crippen LogP contribution in [0.1, 0.15) is 69.7 Å². The van der Waals surface area contributed by atoms with Gasteiger partial charge in [-0.2, -0.15) is 0 Å². The van der Waals surface area contributed by atoms with E-state index < -0.39 is 6.09 Å². The SMILES string of the molecule is COC(=O)NCC(=O)N1CCC[C@H]1c1ncc(-c2ccc3cc(-c4ccc(-c5cnc([C@@H]6CCCN6C(=O)CC(C)C)[nH]5)cc4)cnc3c2)[nH]1. The van der Waals surface area contributed by atoms with Crippen molar-refractivity contribution in [2.75, 3.05) is 26.7 Å². The summed E-state index contributed by atoms with van der Waals surface area (Å²) in [6.45, 7) is 5.43. The van der Waals surface area contributed by atoms with Gasteiger partial charge in [-0.15, -0.1) is 0 Å². The molecule has 2 aliphatic rings. The molecule has 2 aliphatic heterocycles. The molecule has 3 amide bonds. The van der Waals surface area contributed by atoms with Crippen LogP contribution >= 0.6 is 0 Å². The van der Waals surface area contributed by atoms with Crippen LogP contribution in [0, 0.1) is 5.92 Å². The summed E-state index contributed by atoms with van der Waals surface area (Å²) in [6.07, 6.45) is 9.05. The number of H-pyrrole nitrogens is 2. The molecule has 2 atom stereocenters. The fraction of sp³-hybridized carbons (Fsp3) is 0.368. The molecule has 5 heterocycles. The van der Waals surface area contributed by atoms with Crippen molar-refractivity contribution in [3.05, 3.63) is 78.8 Å². The van der Waals surface area contributed by atoms with Crippen LogP contribution < -0.4 is 5.32 Å². The lowest BCUT2D eigenvalue weighted by atomic mass is 10.0. The van der Waals surface area contributed by atoms with Gasteiger partial charge in [0.2, 0.25) is 11.8 Å². The van der Waals surface area contributed by atoms with Gasteiger partial charge >= 0.3 is 6.09 Å². The van der Waals surface area contributed by atoms with E-state index in [-0.39, 0.29) is 30.4 Å². The number of fused-ring (bicyclic) bond motifs is 1. The number of nitrogens with zero attached hydrogens (tertiary/aromatic N) is 5. The van der Waals surface area contributed by atoms with Gasteiger partial charge in [0.25, 0.3) is 0 Å². The topological polar surface area (TPSA) is 149 Å². The molecule has 0 unspecified atom stereocenters. The number of benzene rings is 2. The van der Waals surface area contributed by atoms with E-state index in [4.69, 9.17) is 4.98 Å². The largest absolute Gasteiger partial charge is 0.453 e.